The van der Waals surface area contributed by atoms with Crippen molar-refractivity contribution in [2.24, 2.45) is 0 Å². The van der Waals surface area contributed by atoms with E-state index >= 15 is 0 Å². The molecule has 0 heterocycles. The lowest BCUT2D eigenvalue weighted by Gasteiger charge is -2.10. The van der Waals surface area contributed by atoms with E-state index in [-0.39, 0.29) is 11.3 Å². The van der Waals surface area contributed by atoms with Crippen molar-refractivity contribution in [2.45, 2.75) is 32.1 Å². The number of rotatable bonds is 5. The molecule has 0 radical (unpaired) electrons. The molecule has 0 aromatic heterocycles. The first kappa shape index (κ1) is 14.5. The Balaban J connectivity index is 2.56. The highest BCUT2D eigenvalue weighted by Crippen LogP contribution is 2.20. The predicted molar refractivity (Wildman–Crippen MR) is 75.8 cm³/mol. The van der Waals surface area contributed by atoms with Gasteiger partial charge in [0.2, 0.25) is 0 Å². The van der Waals surface area contributed by atoms with Gasteiger partial charge in [-0.15, -0.1) is 11.6 Å². The van der Waals surface area contributed by atoms with Gasteiger partial charge in [-0.1, -0.05) is 19.1 Å². The van der Waals surface area contributed by atoms with Crippen LogP contribution in [0.4, 0.5) is 0 Å². The Morgan fingerprint density at radius 2 is 2.24 bits per heavy atom. The van der Waals surface area contributed by atoms with Crippen LogP contribution in [0.3, 0.4) is 0 Å². The lowest BCUT2D eigenvalue weighted by molar-refractivity contribution is 0.0952. The monoisotopic (exact) mass is 317 g/mol. The van der Waals surface area contributed by atoms with E-state index in [1.807, 2.05) is 32.0 Å². The molecule has 2 nitrogen and oxygen atoms in total. The molecule has 1 atom stereocenters. The van der Waals surface area contributed by atoms with Gasteiger partial charge in [-0.05, 0) is 47.3 Å². The van der Waals surface area contributed by atoms with Crippen LogP contribution in [0.25, 0.3) is 0 Å². The summed E-state index contributed by atoms with van der Waals surface area (Å²) in [7, 11) is 0. The summed E-state index contributed by atoms with van der Waals surface area (Å²) in [5.41, 5.74) is 1.73. The van der Waals surface area contributed by atoms with Crippen molar-refractivity contribution < 1.29 is 4.79 Å². The molecule has 0 aliphatic heterocycles. The lowest BCUT2D eigenvalue weighted by Crippen LogP contribution is -2.26. The molecule has 1 aromatic carbocycles. The summed E-state index contributed by atoms with van der Waals surface area (Å²) < 4.78 is 0.857. The molecule has 0 fully saturated rings. The molecule has 1 aromatic rings. The van der Waals surface area contributed by atoms with Crippen LogP contribution in [0.2, 0.25) is 0 Å². The van der Waals surface area contributed by atoms with Crippen LogP contribution in [0, 0.1) is 6.92 Å². The fraction of sp³-hybridized carbons (Fsp3) is 0.462. The van der Waals surface area contributed by atoms with Gasteiger partial charge in [0.25, 0.3) is 5.91 Å². The molecule has 0 saturated heterocycles. The summed E-state index contributed by atoms with van der Waals surface area (Å²) >= 11 is 9.42. The zero-order valence-electron chi connectivity index (χ0n) is 10.1. The zero-order valence-corrected chi connectivity index (χ0v) is 12.4. The average Bonchev–Trinajstić information content (AvgIpc) is 2.32. The highest BCUT2D eigenvalue weighted by molar-refractivity contribution is 9.10. The van der Waals surface area contributed by atoms with Crippen LogP contribution in [0.1, 0.15) is 35.7 Å². The first-order chi connectivity index (χ1) is 8.06. The highest BCUT2D eigenvalue weighted by atomic mass is 79.9. The maximum absolute atomic E-state index is 11.9. The third-order valence-corrected chi connectivity index (χ3v) is 4.20. The molecular weight excluding hydrogens is 302 g/mol. The van der Waals surface area contributed by atoms with Gasteiger partial charge in [-0.2, -0.15) is 0 Å². The van der Waals surface area contributed by atoms with E-state index in [1.54, 1.807) is 0 Å². The Morgan fingerprint density at radius 1 is 1.53 bits per heavy atom. The van der Waals surface area contributed by atoms with Gasteiger partial charge in [0.15, 0.2) is 0 Å². The molecule has 0 bridgehead atoms. The molecule has 0 spiro atoms. The summed E-state index contributed by atoms with van der Waals surface area (Å²) in [5.74, 6) is -0.0551. The third kappa shape index (κ3) is 4.32. The molecule has 0 aliphatic carbocycles. The quantitative estimate of drug-likeness (QED) is 0.820. The maximum atomic E-state index is 11.9. The fourth-order valence-electron chi connectivity index (χ4n) is 1.46. The molecular formula is C13H17BrClNO. The smallest absolute Gasteiger partial charge is 0.252 e. The molecule has 1 rings (SSSR count). The van der Waals surface area contributed by atoms with Crippen molar-refractivity contribution in [1.82, 2.24) is 5.32 Å². The van der Waals surface area contributed by atoms with Crippen LogP contribution in [0.5, 0.6) is 0 Å². The maximum Gasteiger partial charge on any atom is 0.252 e. The number of hydrogen-bond acceptors (Lipinski definition) is 1. The average molecular weight is 319 g/mol. The second kappa shape index (κ2) is 7.02. The molecule has 17 heavy (non-hydrogen) atoms. The normalized spacial score (nSPS) is 12.2. The van der Waals surface area contributed by atoms with Gasteiger partial charge < -0.3 is 5.32 Å². The standard InChI is InChI=1S/C13H17BrClNO/c1-3-10(15)7-8-16-13(17)11-6-4-5-9(2)12(11)14/h4-6,10H,3,7-8H2,1-2H3,(H,16,17). The Hall–Kier alpha value is -0.540. The number of halogens is 2. The molecule has 94 valence electrons. The van der Waals surface area contributed by atoms with Crippen molar-refractivity contribution in [2.75, 3.05) is 6.54 Å². The SMILES string of the molecule is CCC(Cl)CCNC(=O)c1cccc(C)c1Br. The van der Waals surface area contributed by atoms with Crippen molar-refractivity contribution >= 4 is 33.4 Å². The second-order valence-electron chi connectivity index (χ2n) is 3.99. The van der Waals surface area contributed by atoms with Gasteiger partial charge in [-0.3, -0.25) is 4.79 Å². The van der Waals surface area contributed by atoms with E-state index in [2.05, 4.69) is 21.2 Å². The number of alkyl halides is 1. The second-order valence-corrected chi connectivity index (χ2v) is 5.40. The van der Waals surface area contributed by atoms with Gasteiger partial charge in [0.1, 0.15) is 0 Å². The van der Waals surface area contributed by atoms with Crippen LogP contribution >= 0.6 is 27.5 Å². The summed E-state index contributed by atoms with van der Waals surface area (Å²) in [5, 5.41) is 3.01. The number of benzene rings is 1. The number of hydrogen-bond donors (Lipinski definition) is 1. The molecule has 1 unspecified atom stereocenters. The zero-order chi connectivity index (χ0) is 12.8. The number of amides is 1. The van der Waals surface area contributed by atoms with Crippen LogP contribution in [0.15, 0.2) is 22.7 Å². The van der Waals surface area contributed by atoms with Gasteiger partial charge in [-0.25, -0.2) is 0 Å². The highest BCUT2D eigenvalue weighted by Gasteiger charge is 2.11. The predicted octanol–water partition coefficient (Wildman–Crippen LogP) is 3.89. The van der Waals surface area contributed by atoms with Crippen molar-refractivity contribution in [3.8, 4) is 0 Å². The molecule has 4 heteroatoms. The minimum absolute atomic E-state index is 0.0551. The first-order valence-corrected chi connectivity index (χ1v) is 6.96. The first-order valence-electron chi connectivity index (χ1n) is 5.73. The fourth-order valence-corrected chi connectivity index (χ4v) is 2.02. The summed E-state index contributed by atoms with van der Waals surface area (Å²) in [6.07, 6.45) is 1.72. The number of carbonyl (C=O) groups excluding carboxylic acids is 1. The van der Waals surface area contributed by atoms with Gasteiger partial charge in [0.05, 0.1) is 5.56 Å². The number of nitrogens with one attached hydrogen (secondary N) is 1. The third-order valence-electron chi connectivity index (χ3n) is 2.62. The van der Waals surface area contributed by atoms with Crippen molar-refractivity contribution in [1.29, 1.82) is 0 Å². The summed E-state index contributed by atoms with van der Waals surface area (Å²) in [6.45, 7) is 4.62. The number of aryl methyl sites for hydroxylation is 1. The Bertz CT molecular complexity index is 395. The van der Waals surface area contributed by atoms with E-state index < -0.39 is 0 Å². The van der Waals surface area contributed by atoms with E-state index in [9.17, 15) is 4.79 Å². The lowest BCUT2D eigenvalue weighted by atomic mass is 10.1. The summed E-state index contributed by atoms with van der Waals surface area (Å²) in [4.78, 5) is 11.9. The van der Waals surface area contributed by atoms with Crippen LogP contribution < -0.4 is 5.32 Å². The van der Waals surface area contributed by atoms with Crippen LogP contribution in [-0.4, -0.2) is 17.8 Å². The molecule has 1 N–H and O–H groups in total. The molecule has 0 saturated carbocycles. The Kier molecular flexibility index (Phi) is 6.00. The van der Waals surface area contributed by atoms with E-state index in [1.165, 1.54) is 0 Å². The topological polar surface area (TPSA) is 29.1 Å². The minimum Gasteiger partial charge on any atom is -0.352 e. The van der Waals surface area contributed by atoms with Crippen LogP contribution in [-0.2, 0) is 0 Å². The Labute approximate surface area is 116 Å². The van der Waals surface area contributed by atoms with E-state index in [4.69, 9.17) is 11.6 Å². The van der Waals surface area contributed by atoms with Gasteiger partial charge in [0, 0.05) is 16.4 Å². The number of carbonyl (C=O) groups is 1. The largest absolute Gasteiger partial charge is 0.352 e. The van der Waals surface area contributed by atoms with Gasteiger partial charge >= 0.3 is 0 Å². The van der Waals surface area contributed by atoms with Crippen molar-refractivity contribution in [3.05, 3.63) is 33.8 Å². The van der Waals surface area contributed by atoms with Crippen molar-refractivity contribution in [3.63, 3.8) is 0 Å². The van der Waals surface area contributed by atoms with E-state index in [0.717, 1.165) is 22.9 Å². The summed E-state index contributed by atoms with van der Waals surface area (Å²) in [6, 6.07) is 5.66. The minimum atomic E-state index is -0.0551. The molecule has 1 amide bonds. The van der Waals surface area contributed by atoms with E-state index in [0.29, 0.717) is 12.1 Å². The molecule has 0 aliphatic rings. The Morgan fingerprint density at radius 3 is 2.88 bits per heavy atom.